The zero-order chi connectivity index (χ0) is 16.4. The molecule has 3 rings (SSSR count). The molecule has 0 fully saturated rings. The van der Waals surface area contributed by atoms with E-state index >= 15 is 0 Å². The van der Waals surface area contributed by atoms with E-state index in [0.29, 0.717) is 0 Å². The van der Waals surface area contributed by atoms with Gasteiger partial charge in [-0.2, -0.15) is 0 Å². The molecule has 0 aliphatic carbocycles. The van der Waals surface area contributed by atoms with Crippen LogP contribution in [-0.2, 0) is 11.8 Å². The Balaban J connectivity index is 1.97. The quantitative estimate of drug-likeness (QED) is 0.696. The van der Waals surface area contributed by atoms with E-state index in [4.69, 9.17) is 0 Å². The predicted molar refractivity (Wildman–Crippen MR) is 94.9 cm³/mol. The van der Waals surface area contributed by atoms with E-state index in [1.165, 1.54) is 11.1 Å². The second-order valence-electron chi connectivity index (χ2n) is 6.87. The van der Waals surface area contributed by atoms with Crippen molar-refractivity contribution in [3.05, 3.63) is 66.0 Å². The third-order valence-corrected chi connectivity index (χ3v) is 4.18. The number of hydrogen-bond donors (Lipinski definition) is 0. The van der Waals surface area contributed by atoms with Crippen molar-refractivity contribution in [1.82, 2.24) is 14.8 Å². The molecule has 3 heteroatoms. The van der Waals surface area contributed by atoms with Gasteiger partial charge >= 0.3 is 0 Å². The van der Waals surface area contributed by atoms with Crippen LogP contribution in [0, 0.1) is 0 Å². The normalized spacial score (nSPS) is 11.7. The Bertz CT molecular complexity index is 775. The molecule has 1 heterocycles. The molecule has 1 aromatic heterocycles. The average molecular weight is 305 g/mol. The van der Waals surface area contributed by atoms with Crippen molar-refractivity contribution in [3.8, 4) is 17.1 Å². The van der Waals surface area contributed by atoms with Gasteiger partial charge in [-0.3, -0.25) is 4.57 Å². The zero-order valence-corrected chi connectivity index (χ0v) is 14.2. The van der Waals surface area contributed by atoms with Crippen molar-refractivity contribution < 1.29 is 0 Å². The maximum atomic E-state index is 4.31. The van der Waals surface area contributed by atoms with Gasteiger partial charge in [-0.15, -0.1) is 10.2 Å². The van der Waals surface area contributed by atoms with Gasteiger partial charge in [0.25, 0.3) is 0 Å². The van der Waals surface area contributed by atoms with Gasteiger partial charge in [-0.25, -0.2) is 0 Å². The van der Waals surface area contributed by atoms with Gasteiger partial charge in [0, 0.05) is 11.3 Å². The number of benzene rings is 2. The first-order valence-electron chi connectivity index (χ1n) is 8.09. The molecule has 2 aromatic carbocycles. The molecule has 0 atom stereocenters. The summed E-state index contributed by atoms with van der Waals surface area (Å²) in [4.78, 5) is 0. The minimum absolute atomic E-state index is 0.155. The fraction of sp³-hybridized carbons (Fsp3) is 0.300. The van der Waals surface area contributed by atoms with Crippen LogP contribution >= 0.6 is 0 Å². The first kappa shape index (κ1) is 15.5. The van der Waals surface area contributed by atoms with E-state index in [0.717, 1.165) is 23.5 Å². The topological polar surface area (TPSA) is 30.7 Å². The standard InChI is InChI=1S/C20H23N3/c1-5-15-6-12-18(13-7-15)23-14-21-22-19(23)16-8-10-17(11-9-16)20(2,3)4/h6-14H,5H2,1-4H3. The average Bonchev–Trinajstić information content (AvgIpc) is 3.04. The first-order chi connectivity index (χ1) is 11.0. The van der Waals surface area contributed by atoms with Crippen LogP contribution in [0.3, 0.4) is 0 Å². The number of hydrogen-bond acceptors (Lipinski definition) is 2. The SMILES string of the molecule is CCc1ccc(-n2cnnc2-c2ccc(C(C)(C)C)cc2)cc1. The zero-order valence-electron chi connectivity index (χ0n) is 14.2. The van der Waals surface area contributed by atoms with Crippen LogP contribution in [0.2, 0.25) is 0 Å². The van der Waals surface area contributed by atoms with Gasteiger partial charge < -0.3 is 0 Å². The summed E-state index contributed by atoms with van der Waals surface area (Å²) in [6, 6.07) is 17.2. The second-order valence-corrected chi connectivity index (χ2v) is 6.87. The summed E-state index contributed by atoms with van der Waals surface area (Å²) in [5, 5.41) is 8.41. The molecule has 0 aliphatic heterocycles. The highest BCUT2D eigenvalue weighted by atomic mass is 15.3. The van der Waals surface area contributed by atoms with Crippen molar-refractivity contribution in [1.29, 1.82) is 0 Å². The Hall–Kier alpha value is -2.42. The van der Waals surface area contributed by atoms with Crippen molar-refractivity contribution >= 4 is 0 Å². The number of aromatic nitrogens is 3. The Morgan fingerprint density at radius 2 is 1.57 bits per heavy atom. The van der Waals surface area contributed by atoms with Crippen LogP contribution in [0.15, 0.2) is 54.9 Å². The maximum Gasteiger partial charge on any atom is 0.168 e. The summed E-state index contributed by atoms with van der Waals surface area (Å²) in [5.74, 6) is 0.870. The van der Waals surface area contributed by atoms with Gasteiger partial charge in [0.05, 0.1) is 0 Å². The molecule has 0 aliphatic rings. The van der Waals surface area contributed by atoms with Crippen molar-refractivity contribution in [2.75, 3.05) is 0 Å². The van der Waals surface area contributed by atoms with Crippen LogP contribution < -0.4 is 0 Å². The molecule has 0 amide bonds. The molecule has 23 heavy (non-hydrogen) atoms. The van der Waals surface area contributed by atoms with Crippen LogP contribution in [0.1, 0.15) is 38.8 Å². The Kier molecular flexibility index (Phi) is 4.03. The lowest BCUT2D eigenvalue weighted by molar-refractivity contribution is 0.590. The molecule has 0 unspecified atom stereocenters. The van der Waals surface area contributed by atoms with Gasteiger partial charge in [0.2, 0.25) is 0 Å². The van der Waals surface area contributed by atoms with E-state index in [1.807, 2.05) is 4.57 Å². The first-order valence-corrected chi connectivity index (χ1v) is 8.09. The van der Waals surface area contributed by atoms with Gasteiger partial charge in [-0.05, 0) is 35.1 Å². The van der Waals surface area contributed by atoms with Crippen molar-refractivity contribution in [2.45, 2.75) is 39.5 Å². The summed E-state index contributed by atoms with van der Waals surface area (Å²) < 4.78 is 2.03. The smallest absolute Gasteiger partial charge is 0.168 e. The van der Waals surface area contributed by atoms with E-state index < -0.39 is 0 Å². The number of aryl methyl sites for hydroxylation is 1. The van der Waals surface area contributed by atoms with E-state index in [-0.39, 0.29) is 5.41 Å². The largest absolute Gasteiger partial charge is 0.282 e. The van der Waals surface area contributed by atoms with E-state index in [2.05, 4.69) is 86.4 Å². The minimum Gasteiger partial charge on any atom is -0.282 e. The Morgan fingerprint density at radius 1 is 0.913 bits per heavy atom. The third-order valence-electron chi connectivity index (χ3n) is 4.18. The summed E-state index contributed by atoms with van der Waals surface area (Å²) in [7, 11) is 0. The lowest BCUT2D eigenvalue weighted by atomic mass is 9.87. The maximum absolute atomic E-state index is 4.31. The van der Waals surface area contributed by atoms with Gasteiger partial charge in [-0.1, -0.05) is 64.1 Å². The molecule has 0 radical (unpaired) electrons. The summed E-state index contributed by atoms with van der Waals surface area (Å²) in [5.41, 5.74) is 4.97. The molecule has 3 aromatic rings. The van der Waals surface area contributed by atoms with Gasteiger partial charge in [0.15, 0.2) is 5.82 Å². The molecule has 3 nitrogen and oxygen atoms in total. The summed E-state index contributed by atoms with van der Waals surface area (Å²) in [6.07, 6.45) is 2.82. The van der Waals surface area contributed by atoms with Crippen LogP contribution in [0.25, 0.3) is 17.1 Å². The summed E-state index contributed by atoms with van der Waals surface area (Å²) >= 11 is 0. The van der Waals surface area contributed by atoms with Crippen molar-refractivity contribution in [3.63, 3.8) is 0 Å². The van der Waals surface area contributed by atoms with Crippen LogP contribution in [0.5, 0.6) is 0 Å². The van der Waals surface area contributed by atoms with Crippen molar-refractivity contribution in [2.24, 2.45) is 0 Å². The predicted octanol–water partition coefficient (Wildman–Crippen LogP) is 4.79. The Morgan fingerprint density at radius 3 is 2.13 bits per heavy atom. The lowest BCUT2D eigenvalue weighted by Crippen LogP contribution is -2.10. The molecule has 0 N–H and O–H groups in total. The second kappa shape index (κ2) is 5.99. The highest BCUT2D eigenvalue weighted by molar-refractivity contribution is 5.59. The van der Waals surface area contributed by atoms with Crippen LogP contribution in [0.4, 0.5) is 0 Å². The van der Waals surface area contributed by atoms with Gasteiger partial charge in [0.1, 0.15) is 6.33 Å². The lowest BCUT2D eigenvalue weighted by Gasteiger charge is -2.19. The summed E-state index contributed by atoms with van der Waals surface area (Å²) in [6.45, 7) is 8.83. The molecular formula is C20H23N3. The van der Waals surface area contributed by atoms with E-state index in [1.54, 1.807) is 6.33 Å². The molecule has 0 saturated heterocycles. The number of rotatable bonds is 3. The Labute approximate surface area is 138 Å². The van der Waals surface area contributed by atoms with E-state index in [9.17, 15) is 0 Å². The minimum atomic E-state index is 0.155. The highest BCUT2D eigenvalue weighted by Gasteiger charge is 2.14. The molecule has 118 valence electrons. The molecule has 0 saturated carbocycles. The third kappa shape index (κ3) is 3.19. The fourth-order valence-corrected chi connectivity index (χ4v) is 2.63. The monoisotopic (exact) mass is 305 g/mol. The molecular weight excluding hydrogens is 282 g/mol. The fourth-order valence-electron chi connectivity index (χ4n) is 2.63. The highest BCUT2D eigenvalue weighted by Crippen LogP contribution is 2.26. The number of nitrogens with zero attached hydrogens (tertiary/aromatic N) is 3. The van der Waals surface area contributed by atoms with Crippen LogP contribution in [-0.4, -0.2) is 14.8 Å². The molecule has 0 spiro atoms. The molecule has 0 bridgehead atoms.